The number of nitrogens with one attached hydrogen (secondary N) is 1. The quantitative estimate of drug-likeness (QED) is 0.737. The predicted molar refractivity (Wildman–Crippen MR) is 101 cm³/mol. The molecule has 2 heteroatoms. The zero-order valence-electron chi connectivity index (χ0n) is 15.1. The lowest BCUT2D eigenvalue weighted by Crippen LogP contribution is -2.33. The van der Waals surface area contributed by atoms with Crippen molar-refractivity contribution in [3.63, 3.8) is 0 Å². The van der Waals surface area contributed by atoms with E-state index in [0.717, 1.165) is 19.3 Å². The Morgan fingerprint density at radius 2 is 1.50 bits per heavy atom. The number of rotatable bonds is 8. The first-order valence-electron chi connectivity index (χ1n) is 8.96. The summed E-state index contributed by atoms with van der Waals surface area (Å²) in [5.74, 6) is 0.691. The van der Waals surface area contributed by atoms with Gasteiger partial charge >= 0.3 is 0 Å². The van der Waals surface area contributed by atoms with Gasteiger partial charge in [0.1, 0.15) is 0 Å². The molecule has 0 bridgehead atoms. The number of hydrogen-bond acceptors (Lipinski definition) is 1. The topological polar surface area (TPSA) is 29.1 Å². The summed E-state index contributed by atoms with van der Waals surface area (Å²) in [6.45, 7) is 6.47. The van der Waals surface area contributed by atoms with Crippen molar-refractivity contribution in [1.29, 1.82) is 0 Å². The molecular formula is C22H29NO. The Labute approximate surface area is 146 Å². The lowest BCUT2D eigenvalue weighted by molar-refractivity contribution is -0.121. The van der Waals surface area contributed by atoms with Crippen molar-refractivity contribution in [3.05, 3.63) is 71.3 Å². The van der Waals surface area contributed by atoms with Crippen molar-refractivity contribution in [2.24, 2.45) is 0 Å². The third-order valence-corrected chi connectivity index (χ3v) is 4.40. The summed E-state index contributed by atoms with van der Waals surface area (Å²) in [6, 6.07) is 19.2. The Kier molecular flexibility index (Phi) is 7.05. The van der Waals surface area contributed by atoms with Crippen LogP contribution in [0.2, 0.25) is 0 Å². The molecule has 1 amide bonds. The normalized spacial score (nSPS) is 12.2. The van der Waals surface area contributed by atoms with Crippen molar-refractivity contribution in [2.45, 2.75) is 58.4 Å². The lowest BCUT2D eigenvalue weighted by atomic mass is 10.00. The molecule has 0 heterocycles. The van der Waals surface area contributed by atoms with Gasteiger partial charge < -0.3 is 5.32 Å². The van der Waals surface area contributed by atoms with Crippen LogP contribution in [0.4, 0.5) is 0 Å². The zero-order chi connectivity index (χ0) is 17.4. The largest absolute Gasteiger partial charge is 0.354 e. The van der Waals surface area contributed by atoms with Crippen molar-refractivity contribution < 1.29 is 4.79 Å². The number of carbonyl (C=O) groups excluding carboxylic acids is 1. The van der Waals surface area contributed by atoms with Gasteiger partial charge in [-0.2, -0.15) is 0 Å². The lowest BCUT2D eigenvalue weighted by Gasteiger charge is -2.14. The van der Waals surface area contributed by atoms with Gasteiger partial charge in [-0.1, -0.05) is 68.4 Å². The van der Waals surface area contributed by atoms with E-state index in [9.17, 15) is 4.79 Å². The molecule has 128 valence electrons. The minimum Gasteiger partial charge on any atom is -0.354 e. The Bertz CT molecular complexity index is 616. The van der Waals surface area contributed by atoms with E-state index in [0.29, 0.717) is 12.3 Å². The first kappa shape index (κ1) is 18.3. The van der Waals surface area contributed by atoms with E-state index in [1.165, 1.54) is 16.7 Å². The van der Waals surface area contributed by atoms with Gasteiger partial charge in [-0.3, -0.25) is 4.79 Å². The second kappa shape index (κ2) is 9.27. The molecule has 1 atom stereocenters. The van der Waals surface area contributed by atoms with Crippen LogP contribution in [0.15, 0.2) is 54.6 Å². The van der Waals surface area contributed by atoms with Gasteiger partial charge in [0.05, 0.1) is 0 Å². The van der Waals surface area contributed by atoms with Crippen LogP contribution in [0.3, 0.4) is 0 Å². The highest BCUT2D eigenvalue weighted by Crippen LogP contribution is 2.15. The highest BCUT2D eigenvalue weighted by atomic mass is 16.1. The van der Waals surface area contributed by atoms with Crippen LogP contribution in [0.25, 0.3) is 0 Å². The monoisotopic (exact) mass is 323 g/mol. The second-order valence-corrected chi connectivity index (χ2v) is 6.89. The molecule has 2 aromatic rings. The van der Waals surface area contributed by atoms with Crippen LogP contribution in [-0.2, 0) is 17.6 Å². The molecule has 2 aromatic carbocycles. The van der Waals surface area contributed by atoms with Crippen LogP contribution in [-0.4, -0.2) is 11.9 Å². The summed E-state index contributed by atoms with van der Waals surface area (Å²) >= 11 is 0. The average Bonchev–Trinajstić information content (AvgIpc) is 2.59. The fourth-order valence-electron chi connectivity index (χ4n) is 2.77. The van der Waals surface area contributed by atoms with Crippen LogP contribution in [0.5, 0.6) is 0 Å². The number of benzene rings is 2. The Morgan fingerprint density at radius 3 is 2.12 bits per heavy atom. The summed E-state index contributed by atoms with van der Waals surface area (Å²) in [7, 11) is 0. The standard InChI is InChI=1S/C22H29NO/c1-17(2)21-14-11-20(12-15-21)13-16-22(24)23-18(3)9-10-19-7-5-4-6-8-19/h4-8,11-12,14-15,17-18H,9-10,13,16H2,1-3H3,(H,23,24)/t18-/m0/s1. The number of aryl methyl sites for hydroxylation is 2. The van der Waals surface area contributed by atoms with Crippen molar-refractivity contribution >= 4 is 5.91 Å². The smallest absolute Gasteiger partial charge is 0.220 e. The van der Waals surface area contributed by atoms with Crippen LogP contribution in [0.1, 0.15) is 56.2 Å². The average molecular weight is 323 g/mol. The van der Waals surface area contributed by atoms with E-state index in [-0.39, 0.29) is 11.9 Å². The van der Waals surface area contributed by atoms with E-state index in [2.05, 4.69) is 74.6 Å². The number of carbonyl (C=O) groups is 1. The second-order valence-electron chi connectivity index (χ2n) is 6.89. The summed E-state index contributed by atoms with van der Waals surface area (Å²) in [5, 5.41) is 3.11. The molecule has 0 saturated carbocycles. The molecule has 0 fully saturated rings. The molecule has 0 spiro atoms. The fraction of sp³-hybridized carbons (Fsp3) is 0.409. The molecule has 24 heavy (non-hydrogen) atoms. The molecule has 0 unspecified atom stereocenters. The maximum Gasteiger partial charge on any atom is 0.220 e. The highest BCUT2D eigenvalue weighted by Gasteiger charge is 2.08. The fourth-order valence-corrected chi connectivity index (χ4v) is 2.77. The van der Waals surface area contributed by atoms with Crippen molar-refractivity contribution in [3.8, 4) is 0 Å². The van der Waals surface area contributed by atoms with Crippen molar-refractivity contribution in [2.75, 3.05) is 0 Å². The molecule has 0 aliphatic carbocycles. The van der Waals surface area contributed by atoms with E-state index < -0.39 is 0 Å². The number of amides is 1. The Morgan fingerprint density at radius 1 is 0.875 bits per heavy atom. The van der Waals surface area contributed by atoms with Gasteiger partial charge in [0, 0.05) is 12.5 Å². The predicted octanol–water partition coefficient (Wildman–Crippen LogP) is 4.88. The van der Waals surface area contributed by atoms with Gasteiger partial charge in [0.15, 0.2) is 0 Å². The molecule has 0 radical (unpaired) electrons. The van der Waals surface area contributed by atoms with E-state index >= 15 is 0 Å². The molecule has 0 aliphatic heterocycles. The van der Waals surface area contributed by atoms with Gasteiger partial charge in [-0.25, -0.2) is 0 Å². The SMILES string of the molecule is CC(C)c1ccc(CCC(=O)N[C@@H](C)CCc2ccccc2)cc1. The summed E-state index contributed by atoms with van der Waals surface area (Å²) in [6.07, 6.45) is 3.32. The first-order chi connectivity index (χ1) is 11.5. The first-order valence-corrected chi connectivity index (χ1v) is 8.96. The number of hydrogen-bond donors (Lipinski definition) is 1. The minimum absolute atomic E-state index is 0.142. The minimum atomic E-state index is 0.142. The van der Waals surface area contributed by atoms with E-state index in [4.69, 9.17) is 0 Å². The van der Waals surface area contributed by atoms with Crippen molar-refractivity contribution in [1.82, 2.24) is 5.32 Å². The van der Waals surface area contributed by atoms with Gasteiger partial charge in [0.2, 0.25) is 5.91 Å². The molecular weight excluding hydrogens is 294 g/mol. The Balaban J connectivity index is 1.70. The van der Waals surface area contributed by atoms with Crippen LogP contribution >= 0.6 is 0 Å². The third kappa shape index (κ3) is 6.19. The van der Waals surface area contributed by atoms with Crippen LogP contribution < -0.4 is 5.32 Å². The maximum absolute atomic E-state index is 12.1. The van der Waals surface area contributed by atoms with E-state index in [1.807, 2.05) is 6.07 Å². The highest BCUT2D eigenvalue weighted by molar-refractivity contribution is 5.76. The van der Waals surface area contributed by atoms with Crippen LogP contribution in [0, 0.1) is 0 Å². The molecule has 0 saturated heterocycles. The van der Waals surface area contributed by atoms with E-state index in [1.54, 1.807) is 0 Å². The molecule has 0 aliphatic rings. The zero-order valence-corrected chi connectivity index (χ0v) is 15.1. The molecule has 2 nitrogen and oxygen atoms in total. The third-order valence-electron chi connectivity index (χ3n) is 4.40. The van der Waals surface area contributed by atoms with Gasteiger partial charge in [-0.05, 0) is 48.8 Å². The summed E-state index contributed by atoms with van der Waals surface area (Å²) < 4.78 is 0. The summed E-state index contributed by atoms with van der Waals surface area (Å²) in [4.78, 5) is 12.1. The molecule has 2 rings (SSSR count). The Hall–Kier alpha value is -2.09. The molecule has 1 N–H and O–H groups in total. The molecule has 0 aromatic heterocycles. The maximum atomic E-state index is 12.1. The summed E-state index contributed by atoms with van der Waals surface area (Å²) in [5.41, 5.74) is 3.90. The van der Waals surface area contributed by atoms with Gasteiger partial charge in [-0.15, -0.1) is 0 Å². The van der Waals surface area contributed by atoms with Gasteiger partial charge in [0.25, 0.3) is 0 Å².